The van der Waals surface area contributed by atoms with Crippen LogP contribution in [0.25, 0.3) is 10.8 Å². The summed E-state index contributed by atoms with van der Waals surface area (Å²) in [6, 6.07) is 17.3. The van der Waals surface area contributed by atoms with Crippen LogP contribution in [0.2, 0.25) is 0 Å². The van der Waals surface area contributed by atoms with E-state index in [1.807, 2.05) is 55.5 Å². The zero-order valence-corrected chi connectivity index (χ0v) is 14.7. The summed E-state index contributed by atoms with van der Waals surface area (Å²) in [6.07, 6.45) is 4.13. The third-order valence-corrected chi connectivity index (χ3v) is 4.29. The first-order chi connectivity index (χ1) is 12.7. The van der Waals surface area contributed by atoms with Crippen LogP contribution >= 0.6 is 0 Å². The van der Waals surface area contributed by atoms with Crippen LogP contribution in [0.4, 0.5) is 5.69 Å². The maximum atomic E-state index is 12.5. The fourth-order valence-corrected chi connectivity index (χ4v) is 2.81. The molecule has 2 amide bonds. The number of anilines is 1. The second kappa shape index (κ2) is 8.25. The highest BCUT2D eigenvalue weighted by Gasteiger charge is 2.20. The van der Waals surface area contributed by atoms with Gasteiger partial charge in [-0.3, -0.25) is 14.6 Å². The van der Waals surface area contributed by atoms with Gasteiger partial charge in [-0.1, -0.05) is 30.3 Å². The number of aromatic nitrogens is 1. The number of carbonyl (C=O) groups is 2. The summed E-state index contributed by atoms with van der Waals surface area (Å²) in [5.74, 6) is -1.13. The monoisotopic (exact) mass is 347 g/mol. The molecule has 0 unspecified atom stereocenters. The van der Waals surface area contributed by atoms with Crippen molar-refractivity contribution in [3.05, 3.63) is 72.6 Å². The summed E-state index contributed by atoms with van der Waals surface area (Å²) in [5, 5.41) is 4.81. The van der Waals surface area contributed by atoms with Crippen LogP contribution in [0.1, 0.15) is 12.5 Å². The molecule has 0 spiro atoms. The van der Waals surface area contributed by atoms with Crippen molar-refractivity contribution in [1.29, 1.82) is 0 Å². The van der Waals surface area contributed by atoms with Crippen LogP contribution in [-0.4, -0.2) is 34.8 Å². The summed E-state index contributed by atoms with van der Waals surface area (Å²) in [7, 11) is 0. The topological polar surface area (TPSA) is 62.3 Å². The Kier molecular flexibility index (Phi) is 5.59. The van der Waals surface area contributed by atoms with Crippen LogP contribution in [0.15, 0.2) is 67.0 Å². The fraction of sp³-hybridized carbons (Fsp3) is 0.190. The first-order valence-electron chi connectivity index (χ1n) is 8.65. The second-order valence-corrected chi connectivity index (χ2v) is 6.01. The molecule has 0 aliphatic carbocycles. The smallest absolute Gasteiger partial charge is 0.313 e. The van der Waals surface area contributed by atoms with E-state index < -0.39 is 11.8 Å². The second-order valence-electron chi connectivity index (χ2n) is 6.01. The lowest BCUT2D eigenvalue weighted by Crippen LogP contribution is -2.40. The molecule has 5 nitrogen and oxygen atoms in total. The number of nitrogens with zero attached hydrogens (tertiary/aromatic N) is 2. The van der Waals surface area contributed by atoms with Gasteiger partial charge in [0.05, 0.1) is 0 Å². The quantitative estimate of drug-likeness (QED) is 0.721. The number of likely N-dealkylation sites (N-methyl/N-ethyl adjacent to an activating group) is 1. The largest absolute Gasteiger partial charge is 0.334 e. The van der Waals surface area contributed by atoms with Crippen molar-refractivity contribution in [3.63, 3.8) is 0 Å². The number of benzene rings is 2. The lowest BCUT2D eigenvalue weighted by atomic mass is 10.1. The Labute approximate surface area is 152 Å². The summed E-state index contributed by atoms with van der Waals surface area (Å²) in [5.41, 5.74) is 1.70. The standard InChI is InChI=1S/C21H21N3O2/c1-2-24(14-11-16-9-12-22-13-10-16)21(26)20(25)23-19-8-7-17-5-3-4-6-18(17)15-19/h3-10,12-13,15H,2,11,14H2,1H3,(H,23,25). The molecule has 0 fully saturated rings. The predicted molar refractivity (Wildman–Crippen MR) is 103 cm³/mol. The number of nitrogens with one attached hydrogen (secondary N) is 1. The van der Waals surface area contributed by atoms with Gasteiger partial charge in [-0.2, -0.15) is 0 Å². The van der Waals surface area contributed by atoms with Crippen molar-refractivity contribution in [2.75, 3.05) is 18.4 Å². The van der Waals surface area contributed by atoms with E-state index in [9.17, 15) is 9.59 Å². The third kappa shape index (κ3) is 4.25. The molecule has 132 valence electrons. The summed E-state index contributed by atoms with van der Waals surface area (Å²) < 4.78 is 0. The van der Waals surface area contributed by atoms with Crippen molar-refractivity contribution in [3.8, 4) is 0 Å². The van der Waals surface area contributed by atoms with E-state index in [0.29, 0.717) is 25.2 Å². The Bertz CT molecular complexity index is 909. The van der Waals surface area contributed by atoms with Crippen molar-refractivity contribution < 1.29 is 9.59 Å². The third-order valence-electron chi connectivity index (χ3n) is 4.29. The Balaban J connectivity index is 1.63. The van der Waals surface area contributed by atoms with Gasteiger partial charge < -0.3 is 10.2 Å². The number of fused-ring (bicyclic) bond motifs is 1. The zero-order chi connectivity index (χ0) is 18.4. The molecule has 3 rings (SSSR count). The normalized spacial score (nSPS) is 10.5. The maximum Gasteiger partial charge on any atom is 0.313 e. The molecule has 0 saturated carbocycles. The van der Waals surface area contributed by atoms with Crippen LogP contribution in [0, 0.1) is 0 Å². The molecule has 0 bridgehead atoms. The lowest BCUT2D eigenvalue weighted by molar-refractivity contribution is -0.143. The Morgan fingerprint density at radius 2 is 1.73 bits per heavy atom. The van der Waals surface area contributed by atoms with Gasteiger partial charge >= 0.3 is 11.8 Å². The van der Waals surface area contributed by atoms with E-state index in [1.165, 1.54) is 0 Å². The van der Waals surface area contributed by atoms with Gasteiger partial charge in [0.25, 0.3) is 0 Å². The van der Waals surface area contributed by atoms with Gasteiger partial charge in [0.2, 0.25) is 0 Å². The number of carbonyl (C=O) groups excluding carboxylic acids is 2. The van der Waals surface area contributed by atoms with Crippen LogP contribution in [0.5, 0.6) is 0 Å². The van der Waals surface area contributed by atoms with E-state index in [-0.39, 0.29) is 0 Å². The predicted octanol–water partition coefficient (Wildman–Crippen LogP) is 3.26. The molecule has 1 N–H and O–H groups in total. The number of rotatable bonds is 5. The molecule has 1 heterocycles. The van der Waals surface area contributed by atoms with Gasteiger partial charge in [-0.05, 0) is 53.9 Å². The Hall–Kier alpha value is -3.21. The van der Waals surface area contributed by atoms with Crippen molar-refractivity contribution in [2.45, 2.75) is 13.3 Å². The van der Waals surface area contributed by atoms with E-state index in [2.05, 4.69) is 10.3 Å². The SMILES string of the molecule is CCN(CCc1ccncc1)C(=O)C(=O)Nc1ccc2ccccc2c1. The van der Waals surface area contributed by atoms with E-state index in [0.717, 1.165) is 16.3 Å². The number of hydrogen-bond acceptors (Lipinski definition) is 3. The van der Waals surface area contributed by atoms with E-state index in [1.54, 1.807) is 23.4 Å². The summed E-state index contributed by atoms with van der Waals surface area (Å²) in [6.45, 7) is 2.84. The van der Waals surface area contributed by atoms with Crippen molar-refractivity contribution in [1.82, 2.24) is 9.88 Å². The van der Waals surface area contributed by atoms with Crippen molar-refractivity contribution in [2.24, 2.45) is 0 Å². The van der Waals surface area contributed by atoms with Gasteiger partial charge in [0, 0.05) is 31.2 Å². The average Bonchev–Trinajstić information content (AvgIpc) is 2.69. The molecule has 0 atom stereocenters. The highest BCUT2D eigenvalue weighted by molar-refractivity contribution is 6.39. The van der Waals surface area contributed by atoms with Crippen LogP contribution in [0.3, 0.4) is 0 Å². The molecular weight excluding hydrogens is 326 g/mol. The van der Waals surface area contributed by atoms with Crippen molar-refractivity contribution >= 4 is 28.3 Å². The number of hydrogen-bond donors (Lipinski definition) is 1. The minimum Gasteiger partial charge on any atom is -0.334 e. The van der Waals surface area contributed by atoms with Gasteiger partial charge in [0.1, 0.15) is 0 Å². The number of pyridine rings is 1. The first kappa shape index (κ1) is 17.6. The maximum absolute atomic E-state index is 12.5. The fourth-order valence-electron chi connectivity index (χ4n) is 2.81. The molecule has 1 aromatic heterocycles. The average molecular weight is 347 g/mol. The van der Waals surface area contributed by atoms with Crippen LogP contribution < -0.4 is 5.32 Å². The molecular formula is C21H21N3O2. The summed E-state index contributed by atoms with van der Waals surface area (Å²) >= 11 is 0. The molecule has 0 radical (unpaired) electrons. The molecule has 3 aromatic rings. The minimum atomic E-state index is -0.614. The van der Waals surface area contributed by atoms with E-state index >= 15 is 0 Å². The molecule has 0 aliphatic heterocycles. The highest BCUT2D eigenvalue weighted by atomic mass is 16.2. The number of amides is 2. The molecule has 5 heteroatoms. The van der Waals surface area contributed by atoms with Crippen LogP contribution in [-0.2, 0) is 16.0 Å². The Morgan fingerprint density at radius 3 is 2.46 bits per heavy atom. The molecule has 0 aliphatic rings. The molecule has 2 aromatic carbocycles. The van der Waals surface area contributed by atoms with Gasteiger partial charge in [-0.15, -0.1) is 0 Å². The van der Waals surface area contributed by atoms with Gasteiger partial charge in [0.15, 0.2) is 0 Å². The molecule has 0 saturated heterocycles. The highest BCUT2D eigenvalue weighted by Crippen LogP contribution is 2.18. The lowest BCUT2D eigenvalue weighted by Gasteiger charge is -2.20. The zero-order valence-electron chi connectivity index (χ0n) is 14.7. The Morgan fingerprint density at radius 1 is 1.00 bits per heavy atom. The minimum absolute atomic E-state index is 0.481. The summed E-state index contributed by atoms with van der Waals surface area (Å²) in [4.78, 5) is 30.3. The first-order valence-corrected chi connectivity index (χ1v) is 8.65. The molecule has 26 heavy (non-hydrogen) atoms. The van der Waals surface area contributed by atoms with Gasteiger partial charge in [-0.25, -0.2) is 0 Å². The van der Waals surface area contributed by atoms with E-state index in [4.69, 9.17) is 0 Å².